The van der Waals surface area contributed by atoms with Gasteiger partial charge < -0.3 is 14.8 Å². The van der Waals surface area contributed by atoms with Crippen molar-refractivity contribution in [3.63, 3.8) is 0 Å². The van der Waals surface area contributed by atoms with Gasteiger partial charge >= 0.3 is 5.97 Å². The van der Waals surface area contributed by atoms with Gasteiger partial charge in [0.25, 0.3) is 5.91 Å². The van der Waals surface area contributed by atoms with Gasteiger partial charge in [-0.25, -0.2) is 9.18 Å². The van der Waals surface area contributed by atoms with Gasteiger partial charge in [-0.05, 0) is 52.3 Å². The first-order chi connectivity index (χ1) is 11.4. The number of carbonyl (C=O) groups excluding carboxylic acids is 2. The summed E-state index contributed by atoms with van der Waals surface area (Å²) in [5.74, 6) is -1.06. The number of rotatable bonds is 5. The average Bonchev–Trinajstić information content (AvgIpc) is 2.55. The zero-order valence-electron chi connectivity index (χ0n) is 12.4. The van der Waals surface area contributed by atoms with Crippen molar-refractivity contribution in [3.8, 4) is 5.75 Å². The highest BCUT2D eigenvalue weighted by atomic mass is 79.9. The van der Waals surface area contributed by atoms with Crippen LogP contribution in [0.3, 0.4) is 0 Å². The third-order valence-electron chi connectivity index (χ3n) is 2.92. The molecule has 0 aliphatic rings. The van der Waals surface area contributed by atoms with Crippen molar-refractivity contribution < 1.29 is 23.5 Å². The van der Waals surface area contributed by atoms with E-state index in [0.717, 1.165) is 6.07 Å². The van der Waals surface area contributed by atoms with E-state index in [2.05, 4.69) is 26.0 Å². The van der Waals surface area contributed by atoms with Crippen LogP contribution in [0.4, 0.5) is 10.1 Å². The summed E-state index contributed by atoms with van der Waals surface area (Å²) in [6.45, 7) is -0.288. The summed E-state index contributed by atoms with van der Waals surface area (Å²) >= 11 is 9.08. The Labute approximate surface area is 150 Å². The molecule has 0 aromatic heterocycles. The maximum Gasteiger partial charge on any atom is 0.337 e. The molecule has 0 radical (unpaired) electrons. The first kappa shape index (κ1) is 18.2. The van der Waals surface area contributed by atoms with Gasteiger partial charge in [0.1, 0.15) is 11.6 Å². The van der Waals surface area contributed by atoms with Gasteiger partial charge in [0.15, 0.2) is 6.61 Å². The minimum absolute atomic E-state index is 0.0898. The minimum atomic E-state index is -0.496. The molecule has 8 heteroatoms. The predicted molar refractivity (Wildman–Crippen MR) is 91.0 cm³/mol. The quantitative estimate of drug-likeness (QED) is 0.747. The van der Waals surface area contributed by atoms with Crippen LogP contribution >= 0.6 is 27.5 Å². The largest absolute Gasteiger partial charge is 0.483 e. The number of methoxy groups -OCH3 is 1. The molecule has 2 rings (SSSR count). The van der Waals surface area contributed by atoms with E-state index in [0.29, 0.717) is 15.8 Å². The highest BCUT2D eigenvalue weighted by Crippen LogP contribution is 2.27. The van der Waals surface area contributed by atoms with Gasteiger partial charge in [0.05, 0.1) is 27.9 Å². The van der Waals surface area contributed by atoms with E-state index in [9.17, 15) is 14.0 Å². The first-order valence-electron chi connectivity index (χ1n) is 6.66. The molecular weight excluding hydrogens is 405 g/mol. The normalized spacial score (nSPS) is 10.2. The summed E-state index contributed by atoms with van der Waals surface area (Å²) in [6, 6.07) is 8.21. The Balaban J connectivity index is 1.97. The number of hydrogen-bond acceptors (Lipinski definition) is 4. The molecule has 5 nitrogen and oxygen atoms in total. The van der Waals surface area contributed by atoms with E-state index < -0.39 is 17.7 Å². The third kappa shape index (κ3) is 4.69. The fraction of sp³-hybridized carbons (Fsp3) is 0.125. The van der Waals surface area contributed by atoms with Crippen molar-refractivity contribution in [1.82, 2.24) is 0 Å². The summed E-state index contributed by atoms with van der Waals surface area (Å²) in [5.41, 5.74) is 0.631. The molecule has 0 bridgehead atoms. The smallest absolute Gasteiger partial charge is 0.337 e. The number of nitrogens with one attached hydrogen (secondary N) is 1. The van der Waals surface area contributed by atoms with Crippen molar-refractivity contribution in [3.05, 3.63) is 57.3 Å². The van der Waals surface area contributed by atoms with Crippen LogP contribution in [0.25, 0.3) is 0 Å². The lowest BCUT2D eigenvalue weighted by Crippen LogP contribution is -2.20. The Kier molecular flexibility index (Phi) is 6.16. The predicted octanol–water partition coefficient (Wildman–Crippen LogP) is 4.05. The van der Waals surface area contributed by atoms with Gasteiger partial charge in [-0.2, -0.15) is 0 Å². The Morgan fingerprint density at radius 3 is 2.62 bits per heavy atom. The highest BCUT2D eigenvalue weighted by molar-refractivity contribution is 9.10. The summed E-state index contributed by atoms with van der Waals surface area (Å²) in [5, 5.41) is 2.60. The zero-order valence-corrected chi connectivity index (χ0v) is 14.8. The van der Waals surface area contributed by atoms with Gasteiger partial charge in [-0.1, -0.05) is 11.6 Å². The summed E-state index contributed by atoms with van der Waals surface area (Å²) in [4.78, 5) is 23.3. The fourth-order valence-corrected chi connectivity index (χ4v) is 2.49. The second-order valence-corrected chi connectivity index (χ2v) is 5.86. The van der Waals surface area contributed by atoms with Crippen LogP contribution in [0.1, 0.15) is 10.4 Å². The van der Waals surface area contributed by atoms with Crippen LogP contribution in [0, 0.1) is 5.82 Å². The molecule has 126 valence electrons. The molecule has 0 fully saturated rings. The number of esters is 1. The Morgan fingerprint density at radius 2 is 2.00 bits per heavy atom. The van der Waals surface area contributed by atoms with Gasteiger partial charge in [0.2, 0.25) is 0 Å². The minimum Gasteiger partial charge on any atom is -0.483 e. The van der Waals surface area contributed by atoms with Crippen LogP contribution < -0.4 is 10.1 Å². The maximum atomic E-state index is 13.0. The standard InChI is InChI=1S/C16H12BrClFNO4/c1-23-16(22)9-2-5-14(11(17)6-9)24-8-15(21)20-13-4-3-10(19)7-12(13)18/h2-7H,8H2,1H3,(H,20,21). The van der Waals surface area contributed by atoms with E-state index in [1.807, 2.05) is 0 Å². The van der Waals surface area contributed by atoms with E-state index >= 15 is 0 Å². The molecule has 1 N–H and O–H groups in total. The SMILES string of the molecule is COC(=O)c1ccc(OCC(=O)Nc2ccc(F)cc2Cl)c(Br)c1. The zero-order chi connectivity index (χ0) is 17.7. The lowest BCUT2D eigenvalue weighted by molar-refractivity contribution is -0.118. The van der Waals surface area contributed by atoms with Crippen LogP contribution in [0.2, 0.25) is 5.02 Å². The number of benzene rings is 2. The van der Waals surface area contributed by atoms with Crippen molar-refractivity contribution >= 4 is 45.1 Å². The van der Waals surface area contributed by atoms with E-state index in [-0.39, 0.29) is 17.3 Å². The number of carbonyl (C=O) groups is 2. The van der Waals surface area contributed by atoms with Gasteiger partial charge in [0, 0.05) is 0 Å². The van der Waals surface area contributed by atoms with Crippen LogP contribution in [-0.4, -0.2) is 25.6 Å². The highest BCUT2D eigenvalue weighted by Gasteiger charge is 2.11. The molecule has 0 unspecified atom stereocenters. The molecule has 0 saturated heterocycles. The number of ether oxygens (including phenoxy) is 2. The van der Waals surface area contributed by atoms with Crippen LogP contribution in [-0.2, 0) is 9.53 Å². The Bertz CT molecular complexity index is 785. The molecule has 2 aromatic carbocycles. The lowest BCUT2D eigenvalue weighted by atomic mass is 10.2. The van der Waals surface area contributed by atoms with Crippen molar-refractivity contribution in [2.75, 3.05) is 19.0 Å². The van der Waals surface area contributed by atoms with E-state index in [1.54, 1.807) is 0 Å². The van der Waals surface area contributed by atoms with E-state index in [4.69, 9.17) is 16.3 Å². The lowest BCUT2D eigenvalue weighted by Gasteiger charge is -2.10. The topological polar surface area (TPSA) is 64.6 Å². The monoisotopic (exact) mass is 415 g/mol. The van der Waals surface area contributed by atoms with Gasteiger partial charge in [-0.15, -0.1) is 0 Å². The number of hydrogen-bond donors (Lipinski definition) is 1. The average molecular weight is 417 g/mol. The molecule has 24 heavy (non-hydrogen) atoms. The molecule has 0 heterocycles. The number of amides is 1. The van der Waals surface area contributed by atoms with Crippen LogP contribution in [0.15, 0.2) is 40.9 Å². The molecule has 0 spiro atoms. The molecule has 2 aromatic rings. The molecule has 0 aliphatic carbocycles. The molecule has 0 saturated carbocycles. The fourth-order valence-electron chi connectivity index (χ4n) is 1.78. The third-order valence-corrected chi connectivity index (χ3v) is 3.85. The van der Waals surface area contributed by atoms with Crippen molar-refractivity contribution in [1.29, 1.82) is 0 Å². The van der Waals surface area contributed by atoms with Crippen molar-refractivity contribution in [2.24, 2.45) is 0 Å². The molecule has 0 aliphatic heterocycles. The number of halogens is 3. The second kappa shape index (κ2) is 8.12. The van der Waals surface area contributed by atoms with E-state index in [1.165, 1.54) is 37.4 Å². The molecule has 1 amide bonds. The Hall–Kier alpha value is -2.12. The summed E-state index contributed by atoms with van der Waals surface area (Å²) < 4.78 is 23.4. The Morgan fingerprint density at radius 1 is 1.25 bits per heavy atom. The summed E-state index contributed by atoms with van der Waals surface area (Å²) in [6.07, 6.45) is 0. The summed E-state index contributed by atoms with van der Waals surface area (Å²) in [7, 11) is 1.28. The number of anilines is 1. The molecular formula is C16H12BrClFNO4. The van der Waals surface area contributed by atoms with Crippen molar-refractivity contribution in [2.45, 2.75) is 0 Å². The second-order valence-electron chi connectivity index (χ2n) is 4.60. The first-order valence-corrected chi connectivity index (χ1v) is 7.83. The molecule has 0 atom stereocenters. The van der Waals surface area contributed by atoms with Gasteiger partial charge in [-0.3, -0.25) is 4.79 Å². The maximum absolute atomic E-state index is 13.0. The van der Waals surface area contributed by atoms with Crippen LogP contribution in [0.5, 0.6) is 5.75 Å².